The van der Waals surface area contributed by atoms with Gasteiger partial charge in [0.05, 0.1) is 6.42 Å². The van der Waals surface area contributed by atoms with E-state index in [1.165, 1.54) is 11.1 Å². The zero-order valence-electron chi connectivity index (χ0n) is 13.2. The number of carbonyl (C=O) groups excluding carboxylic acids is 1. The second-order valence-corrected chi connectivity index (χ2v) is 5.39. The topological polar surface area (TPSA) is 41.5 Å². The van der Waals surface area contributed by atoms with Crippen molar-refractivity contribution in [3.05, 3.63) is 71.3 Å². The Morgan fingerprint density at radius 3 is 2.23 bits per heavy atom. The summed E-state index contributed by atoms with van der Waals surface area (Å²) in [5.74, 6) is -0.0807. The number of amides is 1. The Morgan fingerprint density at radius 1 is 0.955 bits per heavy atom. The van der Waals surface area contributed by atoms with Crippen molar-refractivity contribution in [1.82, 2.24) is 5.43 Å². The summed E-state index contributed by atoms with van der Waals surface area (Å²) in [5.41, 5.74) is 7.04. The Labute approximate surface area is 132 Å². The third-order valence-corrected chi connectivity index (χ3v) is 3.48. The molecule has 0 heterocycles. The molecular weight excluding hydrogens is 272 g/mol. The fraction of sp³-hybridized carbons (Fsp3) is 0.263. The lowest BCUT2D eigenvalue weighted by atomic mass is 10.1. The van der Waals surface area contributed by atoms with Crippen molar-refractivity contribution in [2.45, 2.75) is 33.1 Å². The maximum absolute atomic E-state index is 12.0. The minimum Gasteiger partial charge on any atom is -0.273 e. The molecule has 114 valence electrons. The van der Waals surface area contributed by atoms with Gasteiger partial charge in [0.1, 0.15) is 0 Å². The van der Waals surface area contributed by atoms with Gasteiger partial charge in [-0.1, -0.05) is 67.1 Å². The van der Waals surface area contributed by atoms with Gasteiger partial charge in [0, 0.05) is 12.1 Å². The maximum Gasteiger partial charge on any atom is 0.244 e. The number of nitrogens with zero attached hydrogens (tertiary/aromatic N) is 1. The third kappa shape index (κ3) is 5.17. The molecule has 2 aromatic carbocycles. The first-order valence-electron chi connectivity index (χ1n) is 7.61. The average molecular weight is 294 g/mol. The van der Waals surface area contributed by atoms with Crippen LogP contribution in [0.2, 0.25) is 0 Å². The molecule has 3 nitrogen and oxygen atoms in total. The molecule has 0 bridgehead atoms. The molecule has 2 aromatic rings. The van der Waals surface area contributed by atoms with E-state index in [9.17, 15) is 4.79 Å². The molecule has 0 aliphatic rings. The van der Waals surface area contributed by atoms with E-state index in [2.05, 4.69) is 22.7 Å². The molecule has 0 aliphatic carbocycles. The SMILES string of the molecule is CC/C(Cc1ccccc1)=N\NC(=O)Cc1ccc(C)cc1. The Balaban J connectivity index is 1.90. The molecule has 1 amide bonds. The van der Waals surface area contributed by atoms with Gasteiger partial charge in [-0.05, 0) is 24.5 Å². The summed E-state index contributed by atoms with van der Waals surface area (Å²) in [7, 11) is 0. The predicted octanol–water partition coefficient (Wildman–Crippen LogP) is 3.66. The fourth-order valence-electron chi connectivity index (χ4n) is 2.15. The molecule has 0 atom stereocenters. The largest absolute Gasteiger partial charge is 0.273 e. The van der Waals surface area contributed by atoms with Crippen LogP contribution in [0.4, 0.5) is 0 Å². The van der Waals surface area contributed by atoms with Crippen LogP contribution in [0.5, 0.6) is 0 Å². The number of hydrazone groups is 1. The van der Waals surface area contributed by atoms with Crippen molar-refractivity contribution in [3.8, 4) is 0 Å². The lowest BCUT2D eigenvalue weighted by Crippen LogP contribution is -2.22. The summed E-state index contributed by atoms with van der Waals surface area (Å²) in [6, 6.07) is 18.1. The Kier molecular flexibility index (Phi) is 5.90. The van der Waals surface area contributed by atoms with E-state index in [-0.39, 0.29) is 5.91 Å². The van der Waals surface area contributed by atoms with Gasteiger partial charge < -0.3 is 0 Å². The van der Waals surface area contributed by atoms with Crippen molar-refractivity contribution in [2.75, 3.05) is 0 Å². The van der Waals surface area contributed by atoms with Crippen LogP contribution in [0.15, 0.2) is 59.7 Å². The van der Waals surface area contributed by atoms with E-state index in [0.717, 1.165) is 24.1 Å². The van der Waals surface area contributed by atoms with Gasteiger partial charge in [0.2, 0.25) is 5.91 Å². The molecule has 0 aliphatic heterocycles. The zero-order chi connectivity index (χ0) is 15.8. The monoisotopic (exact) mass is 294 g/mol. The molecule has 0 spiro atoms. The van der Waals surface area contributed by atoms with Crippen LogP contribution in [-0.2, 0) is 17.6 Å². The fourth-order valence-corrected chi connectivity index (χ4v) is 2.15. The van der Waals surface area contributed by atoms with E-state index in [0.29, 0.717) is 6.42 Å². The molecule has 0 unspecified atom stereocenters. The highest BCUT2D eigenvalue weighted by atomic mass is 16.2. The number of rotatable bonds is 6. The molecule has 0 saturated carbocycles. The van der Waals surface area contributed by atoms with Crippen LogP contribution in [-0.4, -0.2) is 11.6 Å². The van der Waals surface area contributed by atoms with E-state index in [1.807, 2.05) is 56.3 Å². The van der Waals surface area contributed by atoms with Crippen molar-refractivity contribution < 1.29 is 4.79 Å². The Bertz CT molecular complexity index is 630. The van der Waals surface area contributed by atoms with Gasteiger partial charge >= 0.3 is 0 Å². The zero-order valence-corrected chi connectivity index (χ0v) is 13.2. The summed E-state index contributed by atoms with van der Waals surface area (Å²) < 4.78 is 0. The normalized spacial score (nSPS) is 11.3. The molecule has 0 radical (unpaired) electrons. The molecule has 0 fully saturated rings. The number of hydrogen-bond acceptors (Lipinski definition) is 2. The minimum atomic E-state index is -0.0807. The van der Waals surface area contributed by atoms with Gasteiger partial charge in [0.25, 0.3) is 0 Å². The highest BCUT2D eigenvalue weighted by molar-refractivity contribution is 5.88. The number of nitrogens with one attached hydrogen (secondary N) is 1. The summed E-state index contributed by atoms with van der Waals surface area (Å²) in [5, 5.41) is 4.27. The minimum absolute atomic E-state index is 0.0807. The summed E-state index contributed by atoms with van der Waals surface area (Å²) in [4.78, 5) is 12.0. The lowest BCUT2D eigenvalue weighted by Gasteiger charge is -2.06. The van der Waals surface area contributed by atoms with Gasteiger partial charge in [-0.2, -0.15) is 5.10 Å². The molecular formula is C19H22N2O. The standard InChI is InChI=1S/C19H22N2O/c1-3-18(13-16-7-5-4-6-8-16)20-21-19(22)14-17-11-9-15(2)10-12-17/h4-12H,3,13-14H2,1-2H3,(H,21,22)/b20-18+. The summed E-state index contributed by atoms with van der Waals surface area (Å²) in [6.07, 6.45) is 1.94. The van der Waals surface area contributed by atoms with Crippen LogP contribution in [0, 0.1) is 6.92 Å². The van der Waals surface area contributed by atoms with Crippen molar-refractivity contribution in [3.63, 3.8) is 0 Å². The van der Waals surface area contributed by atoms with E-state index in [4.69, 9.17) is 0 Å². The second kappa shape index (κ2) is 8.13. The highest BCUT2D eigenvalue weighted by Crippen LogP contribution is 2.05. The first kappa shape index (κ1) is 16.0. The van der Waals surface area contributed by atoms with Gasteiger partial charge in [-0.3, -0.25) is 4.79 Å². The number of benzene rings is 2. The molecule has 0 saturated heterocycles. The van der Waals surface area contributed by atoms with Crippen LogP contribution >= 0.6 is 0 Å². The molecule has 3 heteroatoms. The van der Waals surface area contributed by atoms with Crippen molar-refractivity contribution >= 4 is 11.6 Å². The van der Waals surface area contributed by atoms with Gasteiger partial charge in [0.15, 0.2) is 0 Å². The molecule has 22 heavy (non-hydrogen) atoms. The number of carbonyl (C=O) groups is 1. The van der Waals surface area contributed by atoms with Gasteiger partial charge in [-0.25, -0.2) is 5.43 Å². The van der Waals surface area contributed by atoms with Crippen LogP contribution < -0.4 is 5.43 Å². The quantitative estimate of drug-likeness (QED) is 0.641. The van der Waals surface area contributed by atoms with Crippen LogP contribution in [0.3, 0.4) is 0 Å². The summed E-state index contributed by atoms with van der Waals surface area (Å²) in [6.45, 7) is 4.08. The van der Waals surface area contributed by atoms with Crippen LogP contribution in [0.1, 0.15) is 30.0 Å². The first-order valence-corrected chi connectivity index (χ1v) is 7.61. The smallest absolute Gasteiger partial charge is 0.244 e. The lowest BCUT2D eigenvalue weighted by molar-refractivity contribution is -0.120. The third-order valence-electron chi connectivity index (χ3n) is 3.48. The van der Waals surface area contributed by atoms with Crippen molar-refractivity contribution in [1.29, 1.82) is 0 Å². The molecule has 1 N–H and O–H groups in total. The van der Waals surface area contributed by atoms with E-state index >= 15 is 0 Å². The average Bonchev–Trinajstić information content (AvgIpc) is 2.54. The first-order chi connectivity index (χ1) is 10.7. The van der Waals surface area contributed by atoms with Crippen LogP contribution in [0.25, 0.3) is 0 Å². The number of hydrogen-bond donors (Lipinski definition) is 1. The Hall–Kier alpha value is -2.42. The van der Waals surface area contributed by atoms with Crippen molar-refractivity contribution in [2.24, 2.45) is 5.10 Å². The molecule has 2 rings (SSSR count). The van der Waals surface area contributed by atoms with E-state index in [1.54, 1.807) is 0 Å². The Morgan fingerprint density at radius 2 is 1.59 bits per heavy atom. The summed E-state index contributed by atoms with van der Waals surface area (Å²) >= 11 is 0. The van der Waals surface area contributed by atoms with Gasteiger partial charge in [-0.15, -0.1) is 0 Å². The predicted molar refractivity (Wildman–Crippen MR) is 90.9 cm³/mol. The number of aryl methyl sites for hydroxylation is 1. The molecule has 0 aromatic heterocycles. The maximum atomic E-state index is 12.0. The van der Waals surface area contributed by atoms with E-state index < -0.39 is 0 Å². The highest BCUT2D eigenvalue weighted by Gasteiger charge is 2.04. The second-order valence-electron chi connectivity index (χ2n) is 5.39.